The molecule has 0 bridgehead atoms. The van der Waals surface area contributed by atoms with E-state index in [-0.39, 0.29) is 11.9 Å². The second-order valence-electron chi connectivity index (χ2n) is 4.43. The summed E-state index contributed by atoms with van der Waals surface area (Å²) < 4.78 is 1.78. The number of hydrogen-bond acceptors (Lipinski definition) is 3. The van der Waals surface area contributed by atoms with Crippen LogP contribution in [0.2, 0.25) is 0 Å². The molecule has 1 amide bonds. The van der Waals surface area contributed by atoms with Gasteiger partial charge in [0.15, 0.2) is 0 Å². The van der Waals surface area contributed by atoms with Gasteiger partial charge < -0.3 is 10.6 Å². The molecule has 2 unspecified atom stereocenters. The normalized spacial score (nSPS) is 21.0. The highest BCUT2D eigenvalue weighted by atomic mass is 16.2. The molecule has 1 aliphatic heterocycles. The van der Waals surface area contributed by atoms with Crippen molar-refractivity contribution in [3.05, 3.63) is 5.69 Å². The lowest BCUT2D eigenvalue weighted by molar-refractivity contribution is -0.118. The molecule has 5 nitrogen and oxygen atoms in total. The predicted octanol–water partition coefficient (Wildman–Crippen LogP) is 1.51. The van der Waals surface area contributed by atoms with Crippen molar-refractivity contribution in [3.63, 3.8) is 0 Å². The summed E-state index contributed by atoms with van der Waals surface area (Å²) in [6, 6.07) is -0.160. The summed E-state index contributed by atoms with van der Waals surface area (Å²) in [6.45, 7) is 6.06. The molecule has 0 aliphatic carbocycles. The van der Waals surface area contributed by atoms with E-state index in [0.717, 1.165) is 23.6 Å². The van der Waals surface area contributed by atoms with E-state index >= 15 is 0 Å². The lowest BCUT2D eigenvalue weighted by Gasteiger charge is -2.29. The fourth-order valence-electron chi connectivity index (χ4n) is 2.02. The van der Waals surface area contributed by atoms with Gasteiger partial charge in [0.2, 0.25) is 5.91 Å². The topological polar surface area (TPSA) is 59.0 Å². The van der Waals surface area contributed by atoms with Crippen LogP contribution in [0.15, 0.2) is 0 Å². The molecule has 0 saturated carbocycles. The van der Waals surface area contributed by atoms with E-state index < -0.39 is 0 Å². The number of nitrogens with one attached hydrogen (secondary N) is 2. The number of amides is 1. The summed E-state index contributed by atoms with van der Waals surface area (Å²) in [5, 5.41) is 10.5. The number of anilines is 2. The zero-order valence-electron chi connectivity index (χ0n) is 10.2. The number of carbonyl (C=O) groups excluding carboxylic acids is 1. The standard InChI is InChI=1S/C11H18N4O/c1-5-6(2)8-11(16)13-9-7(3)14-15(4)10(9)12-8/h6,8,12H,5H2,1-4H3,(H,13,16). The third-order valence-electron chi connectivity index (χ3n) is 3.26. The number of hydrogen-bond donors (Lipinski definition) is 2. The van der Waals surface area contributed by atoms with Gasteiger partial charge in [-0.3, -0.25) is 9.48 Å². The number of aryl methyl sites for hydroxylation is 2. The molecule has 2 N–H and O–H groups in total. The van der Waals surface area contributed by atoms with Crippen LogP contribution in [0.1, 0.15) is 26.0 Å². The maximum absolute atomic E-state index is 11.9. The first-order chi connectivity index (χ1) is 7.54. The maximum Gasteiger partial charge on any atom is 0.247 e. The van der Waals surface area contributed by atoms with Gasteiger partial charge in [0.25, 0.3) is 0 Å². The fraction of sp³-hybridized carbons (Fsp3) is 0.636. The zero-order valence-corrected chi connectivity index (χ0v) is 10.2. The van der Waals surface area contributed by atoms with Crippen molar-refractivity contribution in [2.45, 2.75) is 33.2 Å². The van der Waals surface area contributed by atoms with Crippen molar-refractivity contribution in [3.8, 4) is 0 Å². The van der Waals surface area contributed by atoms with Crippen LogP contribution >= 0.6 is 0 Å². The highest BCUT2D eigenvalue weighted by Crippen LogP contribution is 2.31. The summed E-state index contributed by atoms with van der Waals surface area (Å²) in [4.78, 5) is 11.9. The van der Waals surface area contributed by atoms with Gasteiger partial charge in [-0.25, -0.2) is 0 Å². The third-order valence-corrected chi connectivity index (χ3v) is 3.26. The Kier molecular flexibility index (Phi) is 2.61. The molecular formula is C11H18N4O. The van der Waals surface area contributed by atoms with E-state index in [1.807, 2.05) is 14.0 Å². The minimum absolute atomic E-state index is 0.0398. The van der Waals surface area contributed by atoms with E-state index in [2.05, 4.69) is 29.6 Å². The first-order valence-electron chi connectivity index (χ1n) is 5.65. The van der Waals surface area contributed by atoms with Gasteiger partial charge in [0.05, 0.1) is 5.69 Å². The maximum atomic E-state index is 11.9. The number of carbonyl (C=O) groups is 1. The number of fused-ring (bicyclic) bond motifs is 1. The Hall–Kier alpha value is -1.52. The zero-order chi connectivity index (χ0) is 11.9. The molecule has 1 aliphatic rings. The Bertz CT molecular complexity index is 424. The second kappa shape index (κ2) is 3.81. The third kappa shape index (κ3) is 1.56. The highest BCUT2D eigenvalue weighted by Gasteiger charge is 2.32. The van der Waals surface area contributed by atoms with E-state index in [1.54, 1.807) is 4.68 Å². The lowest BCUT2D eigenvalue weighted by Crippen LogP contribution is -2.43. The van der Waals surface area contributed by atoms with E-state index in [9.17, 15) is 4.79 Å². The van der Waals surface area contributed by atoms with Crippen molar-refractivity contribution < 1.29 is 4.79 Å². The van der Waals surface area contributed by atoms with Gasteiger partial charge in [-0.05, 0) is 12.8 Å². The molecule has 2 heterocycles. The largest absolute Gasteiger partial charge is 0.357 e. The monoisotopic (exact) mass is 222 g/mol. The van der Waals surface area contributed by atoms with E-state index in [0.29, 0.717) is 5.92 Å². The molecule has 0 aromatic carbocycles. The SMILES string of the molecule is CCC(C)C1Nc2c(c(C)nn2C)NC1=O. The smallest absolute Gasteiger partial charge is 0.247 e. The number of rotatable bonds is 2. The number of aromatic nitrogens is 2. The Balaban J connectivity index is 2.34. The first kappa shape index (κ1) is 11.0. The van der Waals surface area contributed by atoms with Gasteiger partial charge in [-0.2, -0.15) is 5.10 Å². The van der Waals surface area contributed by atoms with E-state index in [1.165, 1.54) is 0 Å². The first-order valence-corrected chi connectivity index (χ1v) is 5.65. The summed E-state index contributed by atoms with van der Waals surface area (Å²) in [7, 11) is 1.88. The van der Waals surface area contributed by atoms with Crippen LogP contribution in [-0.4, -0.2) is 21.7 Å². The van der Waals surface area contributed by atoms with Crippen LogP contribution in [0, 0.1) is 12.8 Å². The van der Waals surface area contributed by atoms with Crippen LogP contribution < -0.4 is 10.6 Å². The van der Waals surface area contributed by atoms with Gasteiger partial charge in [0.1, 0.15) is 17.5 Å². The van der Waals surface area contributed by atoms with Crippen molar-refractivity contribution in [2.24, 2.45) is 13.0 Å². The fourth-order valence-corrected chi connectivity index (χ4v) is 2.02. The summed E-state index contributed by atoms with van der Waals surface area (Å²) in [5.74, 6) is 1.25. The molecule has 2 rings (SSSR count). The molecule has 16 heavy (non-hydrogen) atoms. The van der Waals surface area contributed by atoms with E-state index in [4.69, 9.17) is 0 Å². The Morgan fingerprint density at radius 3 is 2.88 bits per heavy atom. The van der Waals surface area contributed by atoms with Crippen molar-refractivity contribution in [1.82, 2.24) is 9.78 Å². The molecule has 1 aromatic rings. The predicted molar refractivity (Wildman–Crippen MR) is 63.4 cm³/mol. The van der Waals surface area contributed by atoms with Crippen LogP contribution in [0.4, 0.5) is 11.5 Å². The quantitative estimate of drug-likeness (QED) is 0.797. The summed E-state index contributed by atoms with van der Waals surface area (Å²) in [5.41, 5.74) is 1.66. The molecular weight excluding hydrogens is 204 g/mol. The van der Waals surface area contributed by atoms with Gasteiger partial charge >= 0.3 is 0 Å². The summed E-state index contributed by atoms with van der Waals surface area (Å²) >= 11 is 0. The molecule has 2 atom stereocenters. The van der Waals surface area contributed by atoms with Gasteiger partial charge in [-0.15, -0.1) is 0 Å². The minimum atomic E-state index is -0.160. The Morgan fingerprint density at radius 1 is 1.56 bits per heavy atom. The number of nitrogens with zero attached hydrogens (tertiary/aromatic N) is 2. The highest BCUT2D eigenvalue weighted by molar-refractivity contribution is 6.03. The Morgan fingerprint density at radius 2 is 2.25 bits per heavy atom. The summed E-state index contributed by atoms with van der Waals surface area (Å²) in [6.07, 6.45) is 0.969. The van der Waals surface area contributed by atoms with Gasteiger partial charge in [0, 0.05) is 7.05 Å². The molecule has 0 spiro atoms. The molecule has 88 valence electrons. The lowest BCUT2D eigenvalue weighted by atomic mass is 9.97. The van der Waals surface area contributed by atoms with Crippen molar-refractivity contribution >= 4 is 17.4 Å². The molecule has 1 aromatic heterocycles. The molecule has 0 radical (unpaired) electrons. The molecule has 0 fully saturated rings. The van der Waals surface area contributed by atoms with Gasteiger partial charge in [-0.1, -0.05) is 20.3 Å². The average Bonchev–Trinajstić information content (AvgIpc) is 2.52. The van der Waals surface area contributed by atoms with Crippen molar-refractivity contribution in [1.29, 1.82) is 0 Å². The minimum Gasteiger partial charge on any atom is -0.357 e. The second-order valence-corrected chi connectivity index (χ2v) is 4.43. The van der Waals surface area contributed by atoms with Crippen LogP contribution in [0.5, 0.6) is 0 Å². The van der Waals surface area contributed by atoms with Crippen molar-refractivity contribution in [2.75, 3.05) is 10.6 Å². The van der Waals surface area contributed by atoms with Crippen LogP contribution in [0.25, 0.3) is 0 Å². The molecule has 5 heteroatoms. The average molecular weight is 222 g/mol. The van der Waals surface area contributed by atoms with Crippen LogP contribution in [0.3, 0.4) is 0 Å². The Labute approximate surface area is 95.2 Å². The molecule has 0 saturated heterocycles. The van der Waals surface area contributed by atoms with Crippen LogP contribution in [-0.2, 0) is 11.8 Å².